The van der Waals surface area contributed by atoms with Crippen LogP contribution in [0.4, 0.5) is 0 Å². The van der Waals surface area contributed by atoms with E-state index in [4.69, 9.17) is 9.47 Å². The standard InChI is InChI=1S/C32H61NO4.C2H6/c1-4-7-10-13-14-17-20-29-36-31(34)25-21-27-33-28-22-26-32(35)37-30(23-18-15-11-8-5-2)24-19-16-12-9-6-3;1-2/h17,20,30,33H,4-16,18-19,21-29H2,1-3H3;1-2H3/b20-17-;. The van der Waals surface area contributed by atoms with E-state index >= 15 is 0 Å². The number of allylic oxidation sites excluding steroid dienone is 1. The van der Waals surface area contributed by atoms with Gasteiger partial charge in [0, 0.05) is 12.8 Å². The third-order valence-electron chi connectivity index (χ3n) is 6.76. The summed E-state index contributed by atoms with van der Waals surface area (Å²) in [4.78, 5) is 24.2. The molecule has 232 valence electrons. The van der Waals surface area contributed by atoms with Crippen LogP contribution >= 0.6 is 0 Å². The fourth-order valence-corrected chi connectivity index (χ4v) is 4.39. The molecule has 0 rings (SSSR count). The van der Waals surface area contributed by atoms with E-state index in [9.17, 15) is 9.59 Å². The molecule has 0 radical (unpaired) electrons. The van der Waals surface area contributed by atoms with Gasteiger partial charge in [-0.1, -0.05) is 117 Å². The van der Waals surface area contributed by atoms with Crippen LogP contribution in [-0.2, 0) is 19.1 Å². The third kappa shape index (κ3) is 32.7. The lowest BCUT2D eigenvalue weighted by molar-refractivity contribution is -0.150. The number of ether oxygens (including phenoxy) is 2. The van der Waals surface area contributed by atoms with Crippen molar-refractivity contribution >= 4 is 11.9 Å². The lowest BCUT2D eigenvalue weighted by atomic mass is 10.0. The maximum atomic E-state index is 12.4. The first-order valence-corrected chi connectivity index (χ1v) is 16.8. The van der Waals surface area contributed by atoms with Crippen molar-refractivity contribution < 1.29 is 19.1 Å². The number of nitrogens with one attached hydrogen (secondary N) is 1. The fourth-order valence-electron chi connectivity index (χ4n) is 4.39. The first-order valence-electron chi connectivity index (χ1n) is 16.8. The zero-order chi connectivity index (χ0) is 29.2. The smallest absolute Gasteiger partial charge is 0.306 e. The summed E-state index contributed by atoms with van der Waals surface area (Å²) in [5, 5.41) is 3.33. The van der Waals surface area contributed by atoms with Gasteiger partial charge in [0.1, 0.15) is 12.7 Å². The summed E-state index contributed by atoms with van der Waals surface area (Å²) in [5.74, 6) is -0.202. The number of carbonyl (C=O) groups is 2. The van der Waals surface area contributed by atoms with Gasteiger partial charge in [-0.3, -0.25) is 9.59 Å². The second-order valence-electron chi connectivity index (χ2n) is 10.5. The summed E-state index contributed by atoms with van der Waals surface area (Å²) in [6.07, 6.45) is 27.1. The van der Waals surface area contributed by atoms with E-state index < -0.39 is 0 Å². The van der Waals surface area contributed by atoms with Crippen LogP contribution in [0.2, 0.25) is 0 Å². The van der Waals surface area contributed by atoms with Gasteiger partial charge < -0.3 is 14.8 Å². The highest BCUT2D eigenvalue weighted by molar-refractivity contribution is 5.69. The minimum atomic E-state index is -0.142. The van der Waals surface area contributed by atoms with Crippen LogP contribution in [0, 0.1) is 0 Å². The lowest BCUT2D eigenvalue weighted by Gasteiger charge is -2.18. The Labute approximate surface area is 243 Å². The molecule has 0 atom stereocenters. The topological polar surface area (TPSA) is 64.6 Å². The van der Waals surface area contributed by atoms with E-state index in [1.54, 1.807) is 0 Å². The van der Waals surface area contributed by atoms with Gasteiger partial charge in [-0.25, -0.2) is 0 Å². The molecule has 5 heteroatoms. The molecule has 0 aromatic carbocycles. The molecule has 0 fully saturated rings. The van der Waals surface area contributed by atoms with E-state index in [0.29, 0.717) is 19.4 Å². The van der Waals surface area contributed by atoms with E-state index in [-0.39, 0.29) is 18.0 Å². The van der Waals surface area contributed by atoms with Crippen LogP contribution in [0.25, 0.3) is 0 Å². The highest BCUT2D eigenvalue weighted by atomic mass is 16.5. The molecule has 0 aliphatic rings. The zero-order valence-corrected chi connectivity index (χ0v) is 26.8. The SMILES string of the molecule is CC.CCCCCC/C=C\COC(=O)CCCNCCCC(=O)OC(CCCCCCC)CCCCCCC. The second kappa shape index (κ2) is 34.7. The quantitative estimate of drug-likeness (QED) is 0.0593. The van der Waals surface area contributed by atoms with Crippen LogP contribution in [-0.4, -0.2) is 37.7 Å². The Hall–Kier alpha value is -1.36. The number of esters is 2. The summed E-state index contributed by atoms with van der Waals surface area (Å²) in [5.41, 5.74) is 0. The Morgan fingerprint density at radius 1 is 0.615 bits per heavy atom. The minimum Gasteiger partial charge on any atom is -0.462 e. The predicted octanol–water partition coefficient (Wildman–Crippen LogP) is 9.87. The molecule has 0 spiro atoms. The molecule has 0 bridgehead atoms. The molecule has 0 unspecified atom stereocenters. The maximum Gasteiger partial charge on any atom is 0.306 e. The maximum absolute atomic E-state index is 12.4. The van der Waals surface area contributed by atoms with Crippen LogP contribution in [0.1, 0.15) is 169 Å². The average Bonchev–Trinajstić information content (AvgIpc) is 2.94. The highest BCUT2D eigenvalue weighted by Crippen LogP contribution is 2.17. The average molecular weight is 554 g/mol. The molecular formula is C34H67NO4. The van der Waals surface area contributed by atoms with Crippen molar-refractivity contribution in [1.82, 2.24) is 5.32 Å². The molecule has 0 aliphatic carbocycles. The summed E-state index contributed by atoms with van der Waals surface area (Å²) in [6.45, 7) is 12.6. The summed E-state index contributed by atoms with van der Waals surface area (Å²) in [6, 6.07) is 0. The molecule has 0 aromatic heterocycles. The predicted molar refractivity (Wildman–Crippen MR) is 168 cm³/mol. The van der Waals surface area contributed by atoms with E-state index in [0.717, 1.165) is 58.0 Å². The number of carbonyl (C=O) groups excluding carboxylic acids is 2. The van der Waals surface area contributed by atoms with E-state index in [1.165, 1.54) is 77.0 Å². The zero-order valence-electron chi connectivity index (χ0n) is 26.8. The van der Waals surface area contributed by atoms with Crippen LogP contribution in [0.5, 0.6) is 0 Å². The van der Waals surface area contributed by atoms with E-state index in [1.807, 2.05) is 19.9 Å². The Kier molecular flexibility index (Phi) is 35.4. The first kappa shape index (κ1) is 39.8. The van der Waals surface area contributed by atoms with Gasteiger partial charge >= 0.3 is 11.9 Å². The second-order valence-corrected chi connectivity index (χ2v) is 10.5. The molecular weight excluding hydrogens is 486 g/mol. The highest BCUT2D eigenvalue weighted by Gasteiger charge is 2.14. The van der Waals surface area contributed by atoms with Crippen molar-refractivity contribution in [3.8, 4) is 0 Å². The Balaban J connectivity index is 0. The normalized spacial score (nSPS) is 11.0. The molecule has 0 saturated carbocycles. The molecule has 0 heterocycles. The van der Waals surface area contributed by atoms with Gasteiger partial charge in [-0.05, 0) is 64.5 Å². The number of hydrogen-bond donors (Lipinski definition) is 1. The molecule has 39 heavy (non-hydrogen) atoms. The van der Waals surface area contributed by atoms with Gasteiger partial charge in [-0.15, -0.1) is 0 Å². The largest absolute Gasteiger partial charge is 0.462 e. The first-order chi connectivity index (χ1) is 19.1. The summed E-state index contributed by atoms with van der Waals surface area (Å²) in [7, 11) is 0. The number of rotatable bonds is 28. The third-order valence-corrected chi connectivity index (χ3v) is 6.76. The molecule has 0 amide bonds. The van der Waals surface area contributed by atoms with Gasteiger partial charge in [0.05, 0.1) is 0 Å². The van der Waals surface area contributed by atoms with Crippen molar-refractivity contribution in [2.24, 2.45) is 0 Å². The Bertz CT molecular complexity index is 521. The van der Waals surface area contributed by atoms with Crippen molar-refractivity contribution in [2.75, 3.05) is 19.7 Å². The number of unbranched alkanes of at least 4 members (excludes halogenated alkanes) is 12. The lowest BCUT2D eigenvalue weighted by Crippen LogP contribution is -2.21. The van der Waals surface area contributed by atoms with Gasteiger partial charge in [-0.2, -0.15) is 0 Å². The van der Waals surface area contributed by atoms with Crippen molar-refractivity contribution in [2.45, 2.75) is 176 Å². The fraction of sp³-hybridized carbons (Fsp3) is 0.882. The molecule has 0 saturated heterocycles. The molecule has 1 N–H and O–H groups in total. The van der Waals surface area contributed by atoms with Gasteiger partial charge in [0.25, 0.3) is 0 Å². The van der Waals surface area contributed by atoms with Gasteiger partial charge in [0.15, 0.2) is 0 Å². The summed E-state index contributed by atoms with van der Waals surface area (Å²) < 4.78 is 11.1. The molecule has 0 aliphatic heterocycles. The minimum absolute atomic E-state index is 0.0593. The molecule has 0 aromatic rings. The van der Waals surface area contributed by atoms with Crippen LogP contribution in [0.3, 0.4) is 0 Å². The Morgan fingerprint density at radius 2 is 1.10 bits per heavy atom. The van der Waals surface area contributed by atoms with Crippen LogP contribution < -0.4 is 5.32 Å². The molecule has 5 nitrogen and oxygen atoms in total. The van der Waals surface area contributed by atoms with Crippen molar-refractivity contribution in [3.63, 3.8) is 0 Å². The number of hydrogen-bond acceptors (Lipinski definition) is 5. The van der Waals surface area contributed by atoms with Crippen LogP contribution in [0.15, 0.2) is 12.2 Å². The Morgan fingerprint density at radius 3 is 1.64 bits per heavy atom. The van der Waals surface area contributed by atoms with E-state index in [2.05, 4.69) is 32.2 Å². The van der Waals surface area contributed by atoms with Crippen molar-refractivity contribution in [3.05, 3.63) is 12.2 Å². The summed E-state index contributed by atoms with van der Waals surface area (Å²) >= 11 is 0. The monoisotopic (exact) mass is 554 g/mol. The van der Waals surface area contributed by atoms with Crippen molar-refractivity contribution in [1.29, 1.82) is 0 Å². The van der Waals surface area contributed by atoms with Gasteiger partial charge in [0.2, 0.25) is 0 Å².